The van der Waals surface area contributed by atoms with Gasteiger partial charge >= 0.3 is 12.1 Å². The minimum Gasteiger partial charge on any atom is -0.462 e. The smallest absolute Gasteiger partial charge is 0.410 e. The predicted octanol–water partition coefficient (Wildman–Crippen LogP) is 8.62. The summed E-state index contributed by atoms with van der Waals surface area (Å²) in [5, 5.41) is 0.736. The largest absolute Gasteiger partial charge is 0.462 e. The van der Waals surface area contributed by atoms with Crippen LogP contribution in [0.15, 0.2) is 72.8 Å². The van der Waals surface area contributed by atoms with Gasteiger partial charge in [-0.3, -0.25) is 0 Å². The van der Waals surface area contributed by atoms with Gasteiger partial charge in [0.05, 0.1) is 12.2 Å². The number of hydrogen-bond acceptors (Lipinski definition) is 5. The first-order valence-electron chi connectivity index (χ1n) is 16.4. The average molecular weight is 631 g/mol. The van der Waals surface area contributed by atoms with Gasteiger partial charge in [0.15, 0.2) is 0 Å². The summed E-state index contributed by atoms with van der Waals surface area (Å²) < 4.78 is 11.0. The molecule has 2 atom stereocenters. The van der Waals surface area contributed by atoms with Crippen LogP contribution < -0.4 is 0 Å². The number of likely N-dealkylation sites (tertiary alicyclic amines) is 1. The van der Waals surface area contributed by atoms with Crippen LogP contribution in [-0.2, 0) is 15.9 Å². The fourth-order valence-corrected chi connectivity index (χ4v) is 6.44. The Morgan fingerprint density at radius 2 is 1.53 bits per heavy atom. The molecule has 1 aliphatic heterocycles. The van der Waals surface area contributed by atoms with E-state index in [1.54, 1.807) is 0 Å². The molecular weight excluding hydrogens is 584 g/mol. The first-order chi connectivity index (χ1) is 21.6. The number of amides is 1. The number of aryl methyl sites for hydroxylation is 1. The summed E-state index contributed by atoms with van der Waals surface area (Å²) in [4.78, 5) is 29.9. The van der Waals surface area contributed by atoms with E-state index in [4.69, 9.17) is 21.1 Å². The maximum absolute atomic E-state index is 13.4. The van der Waals surface area contributed by atoms with Gasteiger partial charge in [0.2, 0.25) is 0 Å². The number of carbonyl (C=O) groups is 2. The van der Waals surface area contributed by atoms with Crippen LogP contribution >= 0.6 is 11.6 Å². The molecule has 2 fully saturated rings. The quantitative estimate of drug-likeness (QED) is 0.199. The number of benzene rings is 3. The molecular formula is C38H47ClN2O4. The van der Waals surface area contributed by atoms with Crippen LogP contribution in [0.1, 0.15) is 80.8 Å². The normalized spacial score (nSPS) is 18.8. The molecule has 0 radical (unpaired) electrons. The van der Waals surface area contributed by atoms with E-state index in [9.17, 15) is 9.59 Å². The van der Waals surface area contributed by atoms with E-state index in [1.807, 2.05) is 81.1 Å². The third-order valence-electron chi connectivity index (χ3n) is 8.87. The first-order valence-corrected chi connectivity index (χ1v) is 16.8. The van der Waals surface area contributed by atoms with Crippen LogP contribution in [-0.4, -0.2) is 66.3 Å². The third-order valence-corrected chi connectivity index (χ3v) is 9.12. The molecule has 1 aliphatic carbocycles. The second-order valence-corrected chi connectivity index (χ2v) is 13.9. The van der Waals surface area contributed by atoms with Crippen molar-refractivity contribution in [2.45, 2.75) is 77.4 Å². The summed E-state index contributed by atoms with van der Waals surface area (Å²) in [5.41, 5.74) is 4.90. The molecule has 5 rings (SSSR count). The van der Waals surface area contributed by atoms with E-state index in [0.717, 1.165) is 74.4 Å². The van der Waals surface area contributed by atoms with E-state index in [2.05, 4.69) is 29.2 Å². The number of nitrogens with zero attached hydrogens (tertiary/aromatic N) is 2. The second kappa shape index (κ2) is 14.8. The Kier molecular flexibility index (Phi) is 10.9. The maximum atomic E-state index is 13.4. The van der Waals surface area contributed by atoms with Crippen molar-refractivity contribution < 1.29 is 19.1 Å². The molecule has 1 amide bonds. The number of carbonyl (C=O) groups excluding carboxylic acids is 2. The molecule has 45 heavy (non-hydrogen) atoms. The molecule has 1 saturated carbocycles. The van der Waals surface area contributed by atoms with Crippen molar-refractivity contribution in [3.8, 4) is 11.1 Å². The van der Waals surface area contributed by atoms with Crippen molar-refractivity contribution in [2.75, 3.05) is 32.8 Å². The van der Waals surface area contributed by atoms with E-state index < -0.39 is 5.60 Å². The molecule has 0 N–H and O–H groups in total. The Bertz CT molecular complexity index is 1410. The topological polar surface area (TPSA) is 59.1 Å². The summed E-state index contributed by atoms with van der Waals surface area (Å²) in [7, 11) is 0. The molecule has 240 valence electrons. The van der Waals surface area contributed by atoms with Crippen molar-refractivity contribution in [2.24, 2.45) is 5.92 Å². The second-order valence-electron chi connectivity index (χ2n) is 13.5. The zero-order chi connectivity index (χ0) is 32.0. The third kappa shape index (κ3) is 9.34. The van der Waals surface area contributed by atoms with Gasteiger partial charge in [0.25, 0.3) is 0 Å². The Morgan fingerprint density at radius 1 is 0.911 bits per heavy atom. The van der Waals surface area contributed by atoms with Gasteiger partial charge in [-0.25, -0.2) is 9.59 Å². The number of piperidine rings is 1. The molecule has 3 aromatic carbocycles. The van der Waals surface area contributed by atoms with E-state index in [-0.39, 0.29) is 18.1 Å². The van der Waals surface area contributed by atoms with Gasteiger partial charge in [0.1, 0.15) is 5.60 Å². The van der Waals surface area contributed by atoms with Crippen molar-refractivity contribution in [3.63, 3.8) is 0 Å². The van der Waals surface area contributed by atoms with Crippen molar-refractivity contribution in [1.82, 2.24) is 9.80 Å². The van der Waals surface area contributed by atoms with Gasteiger partial charge < -0.3 is 19.3 Å². The standard InChI is InChI=1S/C38H47ClN2O4/c1-5-44-36(42)32-10-8-27(9-11-32)7-6-22-40-23-20-28(21-24-40)26-41(37(43)45-38(2,3)4)35-25-34(35)31-14-12-29(13-15-31)30-16-18-33(39)19-17-30/h8-19,28,34-35H,5-7,20-26H2,1-4H3. The summed E-state index contributed by atoms with van der Waals surface area (Å²) in [6.45, 7) is 11.9. The Hall–Kier alpha value is -3.35. The number of hydrogen-bond donors (Lipinski definition) is 0. The SMILES string of the molecule is CCOC(=O)c1ccc(CCCN2CCC(CN(C(=O)OC(C)(C)C)C3CC3c3ccc(-c4ccc(Cl)cc4)cc3)CC2)cc1. The summed E-state index contributed by atoms with van der Waals surface area (Å²) in [5.74, 6) is 0.541. The Morgan fingerprint density at radius 3 is 2.13 bits per heavy atom. The van der Waals surface area contributed by atoms with Crippen molar-refractivity contribution in [1.29, 1.82) is 0 Å². The number of rotatable bonds is 11. The fraction of sp³-hybridized carbons (Fsp3) is 0.474. The Balaban J connectivity index is 1.12. The lowest BCUT2D eigenvalue weighted by Crippen LogP contribution is -2.44. The van der Waals surface area contributed by atoms with E-state index in [0.29, 0.717) is 24.0 Å². The van der Waals surface area contributed by atoms with Gasteiger partial charge in [0, 0.05) is 23.5 Å². The van der Waals surface area contributed by atoms with Gasteiger partial charge in [-0.15, -0.1) is 0 Å². The monoisotopic (exact) mass is 630 g/mol. The number of ether oxygens (including phenoxy) is 2. The highest BCUT2D eigenvalue weighted by atomic mass is 35.5. The number of halogens is 1. The highest BCUT2D eigenvalue weighted by Gasteiger charge is 2.46. The van der Waals surface area contributed by atoms with Crippen molar-refractivity contribution >= 4 is 23.7 Å². The number of esters is 1. The Labute approximate surface area is 273 Å². The average Bonchev–Trinajstić information content (AvgIpc) is 3.81. The predicted molar refractivity (Wildman–Crippen MR) is 181 cm³/mol. The van der Waals surface area contributed by atoms with Crippen LogP contribution in [0.25, 0.3) is 11.1 Å². The zero-order valence-corrected chi connectivity index (χ0v) is 27.9. The molecule has 0 spiro atoms. The van der Waals surface area contributed by atoms with Gasteiger partial charge in [-0.2, -0.15) is 0 Å². The summed E-state index contributed by atoms with van der Waals surface area (Å²) >= 11 is 6.07. The minimum atomic E-state index is -0.525. The molecule has 1 saturated heterocycles. The maximum Gasteiger partial charge on any atom is 0.410 e. The molecule has 3 aromatic rings. The van der Waals surface area contributed by atoms with Gasteiger partial charge in [-0.05, 0) is 132 Å². The van der Waals surface area contributed by atoms with E-state index >= 15 is 0 Å². The molecule has 7 heteroatoms. The highest BCUT2D eigenvalue weighted by molar-refractivity contribution is 6.30. The van der Waals surface area contributed by atoms with Crippen LogP contribution in [0.2, 0.25) is 5.02 Å². The summed E-state index contributed by atoms with van der Waals surface area (Å²) in [6.07, 6.45) is 5.01. The first kappa shape index (κ1) is 33.0. The molecule has 0 bridgehead atoms. The van der Waals surface area contributed by atoms with Crippen LogP contribution in [0, 0.1) is 5.92 Å². The van der Waals surface area contributed by atoms with Crippen molar-refractivity contribution in [3.05, 3.63) is 94.5 Å². The molecule has 6 nitrogen and oxygen atoms in total. The lowest BCUT2D eigenvalue weighted by atomic mass is 9.95. The zero-order valence-electron chi connectivity index (χ0n) is 27.1. The molecule has 2 aliphatic rings. The van der Waals surface area contributed by atoms with E-state index in [1.165, 1.54) is 11.1 Å². The van der Waals surface area contributed by atoms with Crippen LogP contribution in [0.3, 0.4) is 0 Å². The molecule has 2 unspecified atom stereocenters. The summed E-state index contributed by atoms with van der Waals surface area (Å²) in [6, 6.07) is 24.6. The lowest BCUT2D eigenvalue weighted by molar-refractivity contribution is 0.0171. The fourth-order valence-electron chi connectivity index (χ4n) is 6.31. The van der Waals surface area contributed by atoms with Crippen LogP contribution in [0.5, 0.6) is 0 Å². The lowest BCUT2D eigenvalue weighted by Gasteiger charge is -2.36. The highest BCUT2D eigenvalue weighted by Crippen LogP contribution is 2.46. The molecule has 0 aromatic heterocycles. The van der Waals surface area contributed by atoms with Crippen LogP contribution in [0.4, 0.5) is 4.79 Å². The minimum absolute atomic E-state index is 0.175. The molecule has 1 heterocycles. The van der Waals surface area contributed by atoms with Gasteiger partial charge in [-0.1, -0.05) is 60.1 Å².